The van der Waals surface area contributed by atoms with E-state index in [1.54, 1.807) is 0 Å². The van der Waals surface area contributed by atoms with Crippen molar-refractivity contribution in [2.24, 2.45) is 11.7 Å². The Bertz CT molecular complexity index is 386. The molecule has 0 bridgehead atoms. The van der Waals surface area contributed by atoms with E-state index < -0.39 is 0 Å². The van der Waals surface area contributed by atoms with Crippen LogP contribution in [-0.2, 0) is 0 Å². The average molecular weight is 280 g/mol. The van der Waals surface area contributed by atoms with Crippen LogP contribution in [0.3, 0.4) is 0 Å². The van der Waals surface area contributed by atoms with Crippen LogP contribution >= 0.6 is 11.3 Å². The summed E-state index contributed by atoms with van der Waals surface area (Å²) >= 11 is 1.91. The molecule has 3 heteroatoms. The van der Waals surface area contributed by atoms with Gasteiger partial charge >= 0.3 is 0 Å². The summed E-state index contributed by atoms with van der Waals surface area (Å²) in [5, 5.41) is 0. The Kier molecular flexibility index (Phi) is 5.43. The molecule has 0 aliphatic carbocycles. The molecule has 19 heavy (non-hydrogen) atoms. The molecule has 2 rings (SSSR count). The first kappa shape index (κ1) is 15.0. The highest BCUT2D eigenvalue weighted by Gasteiger charge is 2.27. The van der Waals surface area contributed by atoms with Gasteiger partial charge in [-0.2, -0.15) is 0 Å². The van der Waals surface area contributed by atoms with E-state index >= 15 is 0 Å². The van der Waals surface area contributed by atoms with Crippen LogP contribution in [0.2, 0.25) is 0 Å². The van der Waals surface area contributed by atoms with E-state index in [-0.39, 0.29) is 6.04 Å². The van der Waals surface area contributed by atoms with Crippen LogP contribution in [0.4, 0.5) is 0 Å². The van der Waals surface area contributed by atoms with Crippen molar-refractivity contribution < 1.29 is 0 Å². The summed E-state index contributed by atoms with van der Waals surface area (Å²) < 4.78 is 0. The van der Waals surface area contributed by atoms with Crippen molar-refractivity contribution in [3.63, 3.8) is 0 Å². The number of thiophene rings is 1. The molecule has 1 aliphatic rings. The number of likely N-dealkylation sites (tertiary alicyclic amines) is 1. The van der Waals surface area contributed by atoms with Crippen molar-refractivity contribution in [3.8, 4) is 0 Å². The molecular weight excluding hydrogens is 252 g/mol. The van der Waals surface area contributed by atoms with Crippen LogP contribution in [0.25, 0.3) is 0 Å². The Balaban J connectivity index is 2.11. The molecular formula is C16H28N2S. The lowest BCUT2D eigenvalue weighted by Gasteiger charge is -2.32. The van der Waals surface area contributed by atoms with Crippen molar-refractivity contribution in [2.75, 3.05) is 13.1 Å². The molecule has 2 nitrogen and oxygen atoms in total. The van der Waals surface area contributed by atoms with Crippen molar-refractivity contribution in [1.82, 2.24) is 4.90 Å². The zero-order valence-electron chi connectivity index (χ0n) is 12.6. The van der Waals surface area contributed by atoms with Gasteiger partial charge < -0.3 is 5.73 Å². The van der Waals surface area contributed by atoms with Crippen LogP contribution in [0.15, 0.2) is 12.1 Å². The molecule has 3 unspecified atom stereocenters. The Morgan fingerprint density at radius 2 is 2.16 bits per heavy atom. The third kappa shape index (κ3) is 3.80. The normalized spacial score (nSPS) is 24.9. The SMILES string of the molecule is CCC1CCCN(C(c2ccc(C)s2)C(C)N)CC1. The first-order valence-corrected chi connectivity index (χ1v) is 8.49. The van der Waals surface area contributed by atoms with Gasteiger partial charge in [0.1, 0.15) is 0 Å². The molecule has 2 N–H and O–H groups in total. The molecule has 108 valence electrons. The molecule has 1 aromatic rings. The van der Waals surface area contributed by atoms with Gasteiger partial charge in [-0.1, -0.05) is 13.3 Å². The van der Waals surface area contributed by atoms with Gasteiger partial charge in [0.25, 0.3) is 0 Å². The van der Waals surface area contributed by atoms with Gasteiger partial charge in [-0.25, -0.2) is 0 Å². The standard InChI is InChI=1S/C16H28N2S/c1-4-14-6-5-10-18(11-9-14)16(13(3)17)15-8-7-12(2)19-15/h7-8,13-14,16H,4-6,9-11,17H2,1-3H3. The van der Waals surface area contributed by atoms with Crippen molar-refractivity contribution in [3.05, 3.63) is 21.9 Å². The Morgan fingerprint density at radius 3 is 2.74 bits per heavy atom. The first-order chi connectivity index (χ1) is 9.11. The number of hydrogen-bond acceptors (Lipinski definition) is 3. The third-order valence-corrected chi connectivity index (χ3v) is 5.48. The molecule has 0 saturated carbocycles. The molecule has 0 spiro atoms. The van der Waals surface area contributed by atoms with Gasteiger partial charge in [0.15, 0.2) is 0 Å². The van der Waals surface area contributed by atoms with Crippen LogP contribution in [0.1, 0.15) is 55.3 Å². The largest absolute Gasteiger partial charge is 0.326 e. The molecule has 3 atom stereocenters. The lowest BCUT2D eigenvalue weighted by Crippen LogP contribution is -2.39. The van der Waals surface area contributed by atoms with Crippen molar-refractivity contribution >= 4 is 11.3 Å². The number of rotatable bonds is 4. The molecule has 0 radical (unpaired) electrons. The molecule has 0 amide bonds. The zero-order chi connectivity index (χ0) is 13.8. The number of nitrogens with zero attached hydrogens (tertiary/aromatic N) is 1. The monoisotopic (exact) mass is 280 g/mol. The third-order valence-electron chi connectivity index (χ3n) is 4.40. The summed E-state index contributed by atoms with van der Waals surface area (Å²) in [4.78, 5) is 5.47. The van der Waals surface area contributed by atoms with Crippen molar-refractivity contribution in [1.29, 1.82) is 0 Å². The van der Waals surface area contributed by atoms with Gasteiger partial charge in [0.2, 0.25) is 0 Å². The summed E-state index contributed by atoms with van der Waals surface area (Å²) in [5.74, 6) is 0.920. The highest BCUT2D eigenvalue weighted by atomic mass is 32.1. The van der Waals surface area contributed by atoms with Gasteiger partial charge in [0, 0.05) is 15.8 Å². The molecule has 0 aromatic carbocycles. The van der Waals surface area contributed by atoms with Gasteiger partial charge in [0.05, 0.1) is 6.04 Å². The van der Waals surface area contributed by atoms with E-state index in [1.165, 1.54) is 48.5 Å². The predicted molar refractivity (Wildman–Crippen MR) is 84.7 cm³/mol. The quantitative estimate of drug-likeness (QED) is 0.904. The first-order valence-electron chi connectivity index (χ1n) is 7.67. The smallest absolute Gasteiger partial charge is 0.0590 e. The topological polar surface area (TPSA) is 29.3 Å². The minimum Gasteiger partial charge on any atom is -0.326 e. The summed E-state index contributed by atoms with van der Waals surface area (Å²) in [6.07, 6.45) is 5.38. The van der Waals surface area contributed by atoms with E-state index in [0.29, 0.717) is 6.04 Å². The molecule has 1 aromatic heterocycles. The summed E-state index contributed by atoms with van der Waals surface area (Å²) in [6.45, 7) is 9.08. The van der Waals surface area contributed by atoms with Gasteiger partial charge in [-0.05, 0) is 64.3 Å². The van der Waals surface area contributed by atoms with E-state index in [9.17, 15) is 0 Å². The predicted octanol–water partition coefficient (Wildman–Crippen LogP) is 3.96. The number of hydrogen-bond donors (Lipinski definition) is 1. The number of nitrogens with two attached hydrogens (primary N) is 1. The van der Waals surface area contributed by atoms with Crippen LogP contribution < -0.4 is 5.73 Å². The van der Waals surface area contributed by atoms with Crippen LogP contribution in [-0.4, -0.2) is 24.0 Å². The lowest BCUT2D eigenvalue weighted by molar-refractivity contribution is 0.183. The van der Waals surface area contributed by atoms with Crippen LogP contribution in [0.5, 0.6) is 0 Å². The van der Waals surface area contributed by atoms with E-state index in [4.69, 9.17) is 5.73 Å². The molecule has 1 fully saturated rings. The fraction of sp³-hybridized carbons (Fsp3) is 0.750. The van der Waals surface area contributed by atoms with E-state index in [2.05, 4.69) is 37.8 Å². The van der Waals surface area contributed by atoms with Crippen LogP contribution in [0, 0.1) is 12.8 Å². The minimum absolute atomic E-state index is 0.205. The maximum atomic E-state index is 6.29. The Hall–Kier alpha value is -0.380. The summed E-state index contributed by atoms with van der Waals surface area (Å²) in [7, 11) is 0. The van der Waals surface area contributed by atoms with Gasteiger partial charge in [-0.3, -0.25) is 4.90 Å². The van der Waals surface area contributed by atoms with E-state index in [1.807, 2.05) is 11.3 Å². The minimum atomic E-state index is 0.205. The Labute approximate surface area is 122 Å². The van der Waals surface area contributed by atoms with Crippen molar-refractivity contribution in [2.45, 2.75) is 58.5 Å². The highest BCUT2D eigenvalue weighted by Crippen LogP contribution is 2.32. The fourth-order valence-electron chi connectivity index (χ4n) is 3.26. The summed E-state index contributed by atoms with van der Waals surface area (Å²) in [5.41, 5.74) is 6.29. The zero-order valence-corrected chi connectivity index (χ0v) is 13.4. The summed E-state index contributed by atoms with van der Waals surface area (Å²) in [6, 6.07) is 5.11. The fourth-order valence-corrected chi connectivity index (χ4v) is 4.39. The molecule has 1 saturated heterocycles. The second-order valence-corrected chi connectivity index (χ2v) is 7.31. The van der Waals surface area contributed by atoms with Gasteiger partial charge in [-0.15, -0.1) is 11.3 Å². The number of aryl methyl sites for hydroxylation is 1. The molecule has 2 heterocycles. The Morgan fingerprint density at radius 1 is 1.37 bits per heavy atom. The maximum Gasteiger partial charge on any atom is 0.0590 e. The lowest BCUT2D eigenvalue weighted by atomic mass is 9.98. The second-order valence-electron chi connectivity index (χ2n) is 5.99. The highest BCUT2D eigenvalue weighted by molar-refractivity contribution is 7.12. The molecule has 1 aliphatic heterocycles. The van der Waals surface area contributed by atoms with E-state index in [0.717, 1.165) is 5.92 Å². The average Bonchev–Trinajstić information content (AvgIpc) is 2.65. The maximum absolute atomic E-state index is 6.29. The second kappa shape index (κ2) is 6.87.